The fraction of sp³-hybridized carbons (Fsp3) is 0.100. The van der Waals surface area contributed by atoms with Crippen LogP contribution in [0, 0.1) is 0 Å². The van der Waals surface area contributed by atoms with Gasteiger partial charge in [0.1, 0.15) is 0 Å². The molecule has 0 aliphatic carbocycles. The summed E-state index contributed by atoms with van der Waals surface area (Å²) >= 11 is 0. The highest BCUT2D eigenvalue weighted by molar-refractivity contribution is 7.91. The zero-order valence-electron chi connectivity index (χ0n) is 14.5. The van der Waals surface area contributed by atoms with Gasteiger partial charge in [0.2, 0.25) is 9.84 Å². The molecule has 2 aromatic carbocycles. The van der Waals surface area contributed by atoms with Crippen molar-refractivity contribution in [2.24, 2.45) is 0 Å². The molecule has 0 bridgehead atoms. The Labute approximate surface area is 161 Å². The van der Waals surface area contributed by atoms with Crippen molar-refractivity contribution in [1.29, 1.82) is 0 Å². The minimum atomic E-state index is -4.70. The number of halogens is 2. The number of pyridine rings is 1. The topological polar surface area (TPSA) is 76.1 Å². The van der Waals surface area contributed by atoms with Crippen LogP contribution in [0.25, 0.3) is 0 Å². The summed E-state index contributed by atoms with van der Waals surface area (Å²) in [6.45, 7) is 0. The molecule has 0 saturated heterocycles. The summed E-state index contributed by atoms with van der Waals surface area (Å²) < 4.78 is 48.3. The van der Waals surface area contributed by atoms with Gasteiger partial charge < -0.3 is 5.32 Å². The zero-order valence-corrected chi connectivity index (χ0v) is 15.3. The maximum Gasteiger partial charge on any atom is 0.341 e. The minimum Gasteiger partial charge on any atom is -0.341 e. The predicted octanol–water partition coefficient (Wildman–Crippen LogP) is 3.60. The Kier molecular flexibility index (Phi) is 5.79. The Balaban J connectivity index is 1.87. The van der Waals surface area contributed by atoms with Crippen molar-refractivity contribution >= 4 is 15.7 Å². The molecular weight excluding hydrogens is 386 g/mol. The summed E-state index contributed by atoms with van der Waals surface area (Å²) in [6.07, 6.45) is 3.23. The maximum absolute atomic E-state index is 12.7. The van der Waals surface area contributed by atoms with E-state index in [1.165, 1.54) is 12.1 Å². The molecule has 0 aliphatic rings. The van der Waals surface area contributed by atoms with Gasteiger partial charge in [-0.25, -0.2) is 8.42 Å². The standard InChI is InChI=1S/C20H16F2N2O3S/c21-20(22)28(26,27)17-8-6-16(7-9-17)19(25)24-18(14-4-2-1-3-5-14)15-10-12-23-13-11-15/h1-13,18,20H,(H,24,25)/t18-/m0/s1. The Hall–Kier alpha value is -3.13. The normalized spacial score (nSPS) is 12.5. The van der Waals surface area contributed by atoms with Crippen LogP contribution in [0.15, 0.2) is 84.0 Å². The van der Waals surface area contributed by atoms with Crippen molar-refractivity contribution in [3.63, 3.8) is 0 Å². The van der Waals surface area contributed by atoms with E-state index in [-0.39, 0.29) is 5.56 Å². The first-order valence-corrected chi connectivity index (χ1v) is 9.82. The van der Waals surface area contributed by atoms with Crippen LogP contribution >= 0.6 is 0 Å². The minimum absolute atomic E-state index is 0.156. The van der Waals surface area contributed by atoms with Gasteiger partial charge in [0.15, 0.2) is 0 Å². The van der Waals surface area contributed by atoms with E-state index in [0.717, 1.165) is 23.3 Å². The number of rotatable bonds is 6. The second-order valence-electron chi connectivity index (χ2n) is 5.93. The lowest BCUT2D eigenvalue weighted by Gasteiger charge is -2.20. The third-order valence-electron chi connectivity index (χ3n) is 4.13. The smallest absolute Gasteiger partial charge is 0.341 e. The molecule has 0 unspecified atom stereocenters. The number of alkyl halides is 2. The lowest BCUT2D eigenvalue weighted by Crippen LogP contribution is -2.29. The molecule has 0 aliphatic heterocycles. The molecule has 3 rings (SSSR count). The molecule has 5 nitrogen and oxygen atoms in total. The zero-order chi connectivity index (χ0) is 20.1. The number of carbonyl (C=O) groups excluding carboxylic acids is 1. The first-order valence-electron chi connectivity index (χ1n) is 8.27. The van der Waals surface area contributed by atoms with Crippen molar-refractivity contribution in [3.8, 4) is 0 Å². The number of carbonyl (C=O) groups is 1. The quantitative estimate of drug-likeness (QED) is 0.684. The van der Waals surface area contributed by atoms with E-state index < -0.39 is 32.4 Å². The molecule has 144 valence electrons. The van der Waals surface area contributed by atoms with Crippen LogP contribution in [-0.2, 0) is 9.84 Å². The third-order valence-corrected chi connectivity index (χ3v) is 5.53. The summed E-state index contributed by atoms with van der Waals surface area (Å²) in [5.74, 6) is -3.98. The first-order chi connectivity index (χ1) is 13.4. The fourth-order valence-corrected chi connectivity index (χ4v) is 3.39. The average Bonchev–Trinajstić information content (AvgIpc) is 2.73. The van der Waals surface area contributed by atoms with Gasteiger partial charge in [0, 0.05) is 18.0 Å². The first kappa shape index (κ1) is 19.6. The molecule has 0 spiro atoms. The van der Waals surface area contributed by atoms with Crippen LogP contribution in [0.2, 0.25) is 0 Å². The van der Waals surface area contributed by atoms with Crippen LogP contribution in [0.3, 0.4) is 0 Å². The summed E-state index contributed by atoms with van der Waals surface area (Å²) in [5.41, 5.74) is 1.81. The fourth-order valence-electron chi connectivity index (χ4n) is 2.67. The Morgan fingerprint density at radius 3 is 2.00 bits per heavy atom. The van der Waals surface area contributed by atoms with Crippen LogP contribution < -0.4 is 5.32 Å². The number of amides is 1. The molecule has 8 heteroatoms. The molecule has 3 aromatic rings. The van der Waals surface area contributed by atoms with Crippen LogP contribution in [0.1, 0.15) is 27.5 Å². The summed E-state index contributed by atoms with van der Waals surface area (Å²) in [6, 6.07) is 16.8. The van der Waals surface area contributed by atoms with Crippen LogP contribution in [0.4, 0.5) is 8.78 Å². The second-order valence-corrected chi connectivity index (χ2v) is 7.85. The van der Waals surface area contributed by atoms with E-state index in [1.54, 1.807) is 24.5 Å². The van der Waals surface area contributed by atoms with Crippen molar-refractivity contribution in [1.82, 2.24) is 10.3 Å². The van der Waals surface area contributed by atoms with E-state index in [9.17, 15) is 22.0 Å². The van der Waals surface area contributed by atoms with Crippen LogP contribution in [0.5, 0.6) is 0 Å². The van der Waals surface area contributed by atoms with Crippen LogP contribution in [-0.4, -0.2) is 25.1 Å². The van der Waals surface area contributed by atoms with Crippen molar-refractivity contribution in [2.75, 3.05) is 0 Å². The molecule has 1 aromatic heterocycles. The Morgan fingerprint density at radius 2 is 1.43 bits per heavy atom. The highest BCUT2D eigenvalue weighted by Crippen LogP contribution is 2.23. The van der Waals surface area contributed by atoms with E-state index >= 15 is 0 Å². The van der Waals surface area contributed by atoms with Gasteiger partial charge >= 0.3 is 5.76 Å². The van der Waals surface area contributed by atoms with Crippen molar-refractivity contribution in [2.45, 2.75) is 16.7 Å². The molecule has 0 saturated carbocycles. The summed E-state index contributed by atoms with van der Waals surface area (Å²) in [5, 5.41) is 2.88. The van der Waals surface area contributed by atoms with E-state index in [1.807, 2.05) is 30.3 Å². The SMILES string of the molecule is O=C(N[C@@H](c1ccccc1)c1ccncc1)c1ccc(S(=O)(=O)C(F)F)cc1. The molecular formula is C20H16F2N2O3S. The molecule has 28 heavy (non-hydrogen) atoms. The van der Waals surface area contributed by atoms with Crippen molar-refractivity contribution < 1.29 is 22.0 Å². The third kappa shape index (κ3) is 4.23. The predicted molar refractivity (Wildman–Crippen MR) is 99.6 cm³/mol. The lowest BCUT2D eigenvalue weighted by atomic mass is 9.99. The maximum atomic E-state index is 12.7. The number of hydrogen-bond acceptors (Lipinski definition) is 4. The average molecular weight is 402 g/mol. The molecule has 1 heterocycles. The van der Waals surface area contributed by atoms with Gasteiger partial charge in [0.05, 0.1) is 10.9 Å². The Bertz CT molecular complexity index is 1000. The van der Waals surface area contributed by atoms with Gasteiger partial charge in [-0.3, -0.25) is 9.78 Å². The molecule has 1 atom stereocenters. The number of aromatic nitrogens is 1. The van der Waals surface area contributed by atoms with Gasteiger partial charge in [-0.2, -0.15) is 8.78 Å². The van der Waals surface area contributed by atoms with Gasteiger partial charge in [0.25, 0.3) is 5.91 Å². The van der Waals surface area contributed by atoms with Crippen molar-refractivity contribution in [3.05, 3.63) is 95.8 Å². The van der Waals surface area contributed by atoms with E-state index in [0.29, 0.717) is 0 Å². The largest absolute Gasteiger partial charge is 0.341 e. The number of hydrogen-bond donors (Lipinski definition) is 1. The number of sulfone groups is 1. The Morgan fingerprint density at radius 1 is 0.857 bits per heavy atom. The molecule has 1 N–H and O–H groups in total. The van der Waals surface area contributed by atoms with Gasteiger partial charge in [-0.15, -0.1) is 0 Å². The second kappa shape index (κ2) is 8.26. The summed E-state index contributed by atoms with van der Waals surface area (Å²) in [7, 11) is -4.70. The number of nitrogens with zero attached hydrogens (tertiary/aromatic N) is 1. The number of benzene rings is 2. The van der Waals surface area contributed by atoms with E-state index in [2.05, 4.69) is 10.3 Å². The molecule has 1 amide bonds. The highest BCUT2D eigenvalue weighted by atomic mass is 32.2. The van der Waals surface area contributed by atoms with Gasteiger partial charge in [-0.1, -0.05) is 30.3 Å². The van der Waals surface area contributed by atoms with E-state index in [4.69, 9.17) is 0 Å². The molecule has 0 radical (unpaired) electrons. The highest BCUT2D eigenvalue weighted by Gasteiger charge is 2.26. The monoisotopic (exact) mass is 402 g/mol. The summed E-state index contributed by atoms with van der Waals surface area (Å²) in [4.78, 5) is 16.1. The lowest BCUT2D eigenvalue weighted by molar-refractivity contribution is 0.0943. The molecule has 0 fully saturated rings. The number of nitrogens with one attached hydrogen (secondary N) is 1. The van der Waals surface area contributed by atoms with Gasteiger partial charge in [-0.05, 0) is 47.5 Å².